The first-order chi connectivity index (χ1) is 8.56. The van der Waals surface area contributed by atoms with Crippen molar-refractivity contribution < 1.29 is 4.21 Å². The third kappa shape index (κ3) is 2.98. The number of benzene rings is 1. The summed E-state index contributed by atoms with van der Waals surface area (Å²) in [4.78, 5) is 0.721. The smallest absolute Gasteiger partial charge is 0.0620 e. The second-order valence-electron chi connectivity index (χ2n) is 4.37. The van der Waals surface area contributed by atoms with E-state index < -0.39 is 10.8 Å². The molecule has 5 heteroatoms. The van der Waals surface area contributed by atoms with Crippen LogP contribution in [0.5, 0.6) is 0 Å². The number of aromatic nitrogens is 2. The predicted molar refractivity (Wildman–Crippen MR) is 73.8 cm³/mol. The van der Waals surface area contributed by atoms with Crippen LogP contribution in [0.15, 0.2) is 35.5 Å². The summed E-state index contributed by atoms with van der Waals surface area (Å²) in [5.74, 6) is 0.523. The first-order valence-corrected chi connectivity index (χ1v) is 7.12. The first kappa shape index (κ1) is 12.8. The molecule has 0 saturated carbocycles. The molecule has 2 N–H and O–H groups in total. The van der Waals surface area contributed by atoms with Gasteiger partial charge in [0.25, 0.3) is 0 Å². The van der Waals surface area contributed by atoms with Crippen molar-refractivity contribution in [2.45, 2.75) is 25.3 Å². The number of hydrogen-bond acceptors (Lipinski definition) is 3. The van der Waals surface area contributed by atoms with E-state index in [4.69, 9.17) is 5.73 Å². The Balaban J connectivity index is 2.05. The van der Waals surface area contributed by atoms with E-state index in [0.717, 1.165) is 16.0 Å². The summed E-state index contributed by atoms with van der Waals surface area (Å²) in [7, 11) is -1.08. The summed E-state index contributed by atoms with van der Waals surface area (Å²) in [5, 5.41) is 4.17. The van der Waals surface area contributed by atoms with Gasteiger partial charge in [0.05, 0.1) is 28.4 Å². The van der Waals surface area contributed by atoms with E-state index in [1.54, 1.807) is 16.9 Å². The maximum atomic E-state index is 12.2. The highest BCUT2D eigenvalue weighted by Gasteiger charge is 2.08. The predicted octanol–water partition coefficient (Wildman–Crippen LogP) is 1.89. The van der Waals surface area contributed by atoms with Crippen LogP contribution in [0.3, 0.4) is 0 Å². The van der Waals surface area contributed by atoms with Gasteiger partial charge < -0.3 is 5.73 Å². The number of anilines is 1. The Morgan fingerprint density at radius 2 is 2.11 bits per heavy atom. The topological polar surface area (TPSA) is 60.9 Å². The normalized spacial score (nSPS) is 12.6. The third-order valence-corrected chi connectivity index (χ3v) is 4.08. The molecule has 0 aliphatic rings. The van der Waals surface area contributed by atoms with Gasteiger partial charge in [0, 0.05) is 17.6 Å². The molecule has 1 aromatic carbocycles. The molecule has 1 aromatic heterocycles. The fraction of sp³-hybridized carbons (Fsp3) is 0.308. The van der Waals surface area contributed by atoms with E-state index >= 15 is 0 Å². The highest BCUT2D eigenvalue weighted by Crippen LogP contribution is 2.18. The summed E-state index contributed by atoms with van der Waals surface area (Å²) >= 11 is 0. The molecule has 96 valence electrons. The maximum absolute atomic E-state index is 12.2. The molecular weight excluding hydrogens is 246 g/mol. The van der Waals surface area contributed by atoms with Gasteiger partial charge in [-0.15, -0.1) is 0 Å². The molecular formula is C13H17N3OS. The van der Waals surface area contributed by atoms with Gasteiger partial charge in [-0.05, 0) is 37.1 Å². The quantitative estimate of drug-likeness (QED) is 0.857. The standard InChI is InChI=1S/C13H17N3OS/c1-10-3-4-12(14)13(7-10)18(17)6-5-16-9-11(2)8-15-16/h3-4,7-9H,5-6,14H2,1-2H3. The average molecular weight is 263 g/mol. The molecule has 0 saturated heterocycles. The molecule has 0 amide bonds. The number of rotatable bonds is 4. The number of nitrogens with two attached hydrogens (primary N) is 1. The zero-order valence-electron chi connectivity index (χ0n) is 10.6. The lowest BCUT2D eigenvalue weighted by atomic mass is 10.2. The Morgan fingerprint density at radius 1 is 1.33 bits per heavy atom. The Bertz CT molecular complexity index is 577. The van der Waals surface area contributed by atoms with E-state index in [9.17, 15) is 4.21 Å². The van der Waals surface area contributed by atoms with Crippen molar-refractivity contribution in [3.05, 3.63) is 41.7 Å². The maximum Gasteiger partial charge on any atom is 0.0620 e. The van der Waals surface area contributed by atoms with Crippen LogP contribution in [0, 0.1) is 13.8 Å². The van der Waals surface area contributed by atoms with Crippen molar-refractivity contribution in [2.24, 2.45) is 0 Å². The first-order valence-electron chi connectivity index (χ1n) is 5.80. The minimum atomic E-state index is -1.08. The van der Waals surface area contributed by atoms with E-state index in [1.807, 2.05) is 32.2 Å². The van der Waals surface area contributed by atoms with Gasteiger partial charge in [-0.3, -0.25) is 8.89 Å². The molecule has 0 radical (unpaired) electrons. The molecule has 1 unspecified atom stereocenters. The number of hydrogen-bond donors (Lipinski definition) is 1. The lowest BCUT2D eigenvalue weighted by Gasteiger charge is -2.07. The zero-order chi connectivity index (χ0) is 13.1. The van der Waals surface area contributed by atoms with Crippen LogP contribution in [0.25, 0.3) is 0 Å². The fourth-order valence-corrected chi connectivity index (χ4v) is 2.94. The van der Waals surface area contributed by atoms with Gasteiger partial charge in [0.15, 0.2) is 0 Å². The molecule has 1 heterocycles. The molecule has 1 atom stereocenters. The SMILES string of the molecule is Cc1ccc(N)c(S(=O)CCn2cc(C)cn2)c1. The fourth-order valence-electron chi connectivity index (χ4n) is 1.71. The summed E-state index contributed by atoms with van der Waals surface area (Å²) in [6, 6.07) is 5.62. The van der Waals surface area contributed by atoms with Gasteiger partial charge in [-0.2, -0.15) is 5.10 Å². The van der Waals surface area contributed by atoms with Crippen LogP contribution in [-0.4, -0.2) is 19.7 Å². The molecule has 0 aliphatic carbocycles. The molecule has 18 heavy (non-hydrogen) atoms. The molecule has 2 rings (SSSR count). The highest BCUT2D eigenvalue weighted by atomic mass is 32.2. The summed E-state index contributed by atoms with van der Waals surface area (Å²) in [6.45, 7) is 4.59. The van der Waals surface area contributed by atoms with E-state index in [-0.39, 0.29) is 0 Å². The summed E-state index contributed by atoms with van der Waals surface area (Å²) in [6.07, 6.45) is 3.74. The lowest BCUT2D eigenvalue weighted by molar-refractivity contribution is 0.644. The molecule has 2 aromatic rings. The third-order valence-electron chi connectivity index (χ3n) is 2.68. The van der Waals surface area contributed by atoms with E-state index in [0.29, 0.717) is 18.0 Å². The van der Waals surface area contributed by atoms with Crippen molar-refractivity contribution in [3.8, 4) is 0 Å². The van der Waals surface area contributed by atoms with Crippen LogP contribution in [0.2, 0.25) is 0 Å². The Labute approximate surface area is 109 Å². The molecule has 4 nitrogen and oxygen atoms in total. The lowest BCUT2D eigenvalue weighted by Crippen LogP contribution is -2.09. The van der Waals surface area contributed by atoms with Gasteiger partial charge in [0.2, 0.25) is 0 Å². The van der Waals surface area contributed by atoms with Gasteiger partial charge in [0.1, 0.15) is 0 Å². The molecule has 0 fully saturated rings. The molecule has 0 bridgehead atoms. The second-order valence-corrected chi connectivity index (χ2v) is 5.91. The van der Waals surface area contributed by atoms with E-state index in [1.165, 1.54) is 0 Å². The van der Waals surface area contributed by atoms with Crippen molar-refractivity contribution in [1.29, 1.82) is 0 Å². The van der Waals surface area contributed by atoms with Gasteiger partial charge in [-0.1, -0.05) is 6.07 Å². The Morgan fingerprint density at radius 3 is 2.78 bits per heavy atom. The summed E-state index contributed by atoms with van der Waals surface area (Å²) in [5.41, 5.74) is 8.62. The van der Waals surface area contributed by atoms with Crippen molar-refractivity contribution >= 4 is 16.5 Å². The van der Waals surface area contributed by atoms with Crippen molar-refractivity contribution in [3.63, 3.8) is 0 Å². The number of nitrogen functional groups attached to an aromatic ring is 1. The molecule has 0 aliphatic heterocycles. The number of nitrogens with zero attached hydrogens (tertiary/aromatic N) is 2. The Kier molecular flexibility index (Phi) is 3.81. The van der Waals surface area contributed by atoms with Crippen LogP contribution < -0.4 is 5.73 Å². The monoisotopic (exact) mass is 263 g/mol. The highest BCUT2D eigenvalue weighted by molar-refractivity contribution is 7.85. The average Bonchev–Trinajstić information content (AvgIpc) is 2.75. The number of aryl methyl sites for hydroxylation is 3. The zero-order valence-corrected chi connectivity index (χ0v) is 11.4. The molecule has 0 spiro atoms. The van der Waals surface area contributed by atoms with Gasteiger partial charge >= 0.3 is 0 Å². The van der Waals surface area contributed by atoms with E-state index in [2.05, 4.69) is 5.10 Å². The minimum absolute atomic E-state index is 0.523. The second kappa shape index (κ2) is 5.35. The van der Waals surface area contributed by atoms with Crippen LogP contribution in [0.1, 0.15) is 11.1 Å². The van der Waals surface area contributed by atoms with Gasteiger partial charge in [-0.25, -0.2) is 0 Å². The minimum Gasteiger partial charge on any atom is -0.398 e. The van der Waals surface area contributed by atoms with Crippen molar-refractivity contribution in [1.82, 2.24) is 9.78 Å². The summed E-state index contributed by atoms with van der Waals surface area (Å²) < 4.78 is 14.0. The van der Waals surface area contributed by atoms with Crippen molar-refractivity contribution in [2.75, 3.05) is 11.5 Å². The van der Waals surface area contributed by atoms with Crippen LogP contribution >= 0.6 is 0 Å². The largest absolute Gasteiger partial charge is 0.398 e. The van der Waals surface area contributed by atoms with Crippen LogP contribution in [-0.2, 0) is 17.3 Å². The Hall–Kier alpha value is -1.62. The van der Waals surface area contributed by atoms with Crippen LogP contribution in [0.4, 0.5) is 5.69 Å².